The second-order valence-corrected chi connectivity index (χ2v) is 6.11. The van der Waals surface area contributed by atoms with Crippen LogP contribution in [-0.4, -0.2) is 29.2 Å². The molecule has 0 spiro atoms. The molecule has 1 aliphatic heterocycles. The number of halogens is 1. The Morgan fingerprint density at radius 3 is 2.24 bits per heavy atom. The fourth-order valence-corrected chi connectivity index (χ4v) is 2.86. The molecule has 1 fully saturated rings. The molecule has 1 amide bonds. The molecule has 2 nitrogen and oxygen atoms in total. The van der Waals surface area contributed by atoms with Crippen molar-refractivity contribution in [2.75, 3.05) is 18.4 Å². The molecule has 0 N–H and O–H groups in total. The van der Waals surface area contributed by atoms with Crippen molar-refractivity contribution in [1.29, 1.82) is 0 Å². The minimum atomic E-state index is 0.370. The highest BCUT2D eigenvalue weighted by Crippen LogP contribution is 2.17. The van der Waals surface area contributed by atoms with E-state index in [1.807, 2.05) is 0 Å². The average molecular weight is 304 g/mol. The number of hydrogen-bond donors (Lipinski definition) is 0. The van der Waals surface area contributed by atoms with Crippen LogP contribution in [0.1, 0.15) is 58.3 Å². The van der Waals surface area contributed by atoms with Crippen molar-refractivity contribution in [3.63, 3.8) is 0 Å². The molecule has 0 aromatic carbocycles. The molecule has 17 heavy (non-hydrogen) atoms. The summed E-state index contributed by atoms with van der Waals surface area (Å²) in [7, 11) is 0. The van der Waals surface area contributed by atoms with Crippen molar-refractivity contribution in [1.82, 2.24) is 4.90 Å². The topological polar surface area (TPSA) is 20.3 Å². The molecule has 3 heteroatoms. The van der Waals surface area contributed by atoms with E-state index in [1.54, 1.807) is 0 Å². The summed E-state index contributed by atoms with van der Waals surface area (Å²) in [5.74, 6) is 0.946. The van der Waals surface area contributed by atoms with Crippen LogP contribution in [0.3, 0.4) is 0 Å². The molecule has 0 bridgehead atoms. The highest BCUT2D eigenvalue weighted by molar-refractivity contribution is 9.09. The Kier molecular flexibility index (Phi) is 7.91. The van der Waals surface area contributed by atoms with Gasteiger partial charge >= 0.3 is 0 Å². The molecular formula is C14H26BrNO. The number of hydrogen-bond acceptors (Lipinski definition) is 1. The van der Waals surface area contributed by atoms with Crippen LogP contribution in [0.2, 0.25) is 0 Å². The Bertz CT molecular complexity index is 220. The number of carbonyl (C=O) groups excluding carboxylic acids is 1. The first-order valence-corrected chi connectivity index (χ1v) is 8.20. The summed E-state index contributed by atoms with van der Waals surface area (Å²) in [4.78, 5) is 13.6. The van der Waals surface area contributed by atoms with Gasteiger partial charge in [0.15, 0.2) is 0 Å². The van der Waals surface area contributed by atoms with Crippen molar-refractivity contribution < 1.29 is 4.79 Å². The second-order valence-electron chi connectivity index (χ2n) is 5.31. The largest absolute Gasteiger partial charge is 0.342 e. The molecule has 0 radical (unpaired) electrons. The lowest BCUT2D eigenvalue weighted by Crippen LogP contribution is -2.26. The number of likely N-dealkylation sites (tertiary alicyclic amines) is 1. The summed E-state index contributed by atoms with van der Waals surface area (Å²) in [5, 5.41) is 1.14. The highest BCUT2D eigenvalue weighted by Gasteiger charge is 2.25. The van der Waals surface area contributed by atoms with E-state index in [9.17, 15) is 4.79 Å². The van der Waals surface area contributed by atoms with E-state index < -0.39 is 0 Å². The maximum absolute atomic E-state index is 11.5. The number of nitrogens with zero attached hydrogens (tertiary/aromatic N) is 1. The average Bonchev–Trinajstić information content (AvgIpc) is 2.61. The van der Waals surface area contributed by atoms with Crippen LogP contribution in [-0.2, 0) is 4.79 Å². The van der Waals surface area contributed by atoms with Crippen LogP contribution in [0.4, 0.5) is 0 Å². The van der Waals surface area contributed by atoms with Gasteiger partial charge in [-0.1, -0.05) is 55.0 Å². The van der Waals surface area contributed by atoms with Crippen molar-refractivity contribution in [2.24, 2.45) is 5.92 Å². The van der Waals surface area contributed by atoms with E-state index in [1.165, 1.54) is 44.9 Å². The summed E-state index contributed by atoms with van der Waals surface area (Å²) in [6.45, 7) is 4.15. The van der Waals surface area contributed by atoms with Crippen LogP contribution in [0.5, 0.6) is 0 Å². The maximum atomic E-state index is 11.5. The van der Waals surface area contributed by atoms with Gasteiger partial charge in [0, 0.05) is 24.8 Å². The zero-order valence-corrected chi connectivity index (χ0v) is 12.7. The first kappa shape index (κ1) is 15.0. The van der Waals surface area contributed by atoms with Gasteiger partial charge in [-0.2, -0.15) is 0 Å². The van der Waals surface area contributed by atoms with Crippen molar-refractivity contribution in [3.05, 3.63) is 0 Å². The highest BCUT2D eigenvalue weighted by atomic mass is 79.9. The summed E-state index contributed by atoms with van der Waals surface area (Å²) in [5.41, 5.74) is 0. The van der Waals surface area contributed by atoms with Gasteiger partial charge in [-0.25, -0.2) is 0 Å². The first-order valence-electron chi connectivity index (χ1n) is 7.07. The van der Waals surface area contributed by atoms with E-state index in [0.717, 1.165) is 24.8 Å². The SMILES string of the molecule is CC1CC(=O)N(CCCCCCCCCBr)C1. The Balaban J connectivity index is 1.89. The second kappa shape index (κ2) is 8.96. The molecule has 100 valence electrons. The van der Waals surface area contributed by atoms with E-state index in [-0.39, 0.29) is 0 Å². The molecular weight excluding hydrogens is 278 g/mol. The van der Waals surface area contributed by atoms with Gasteiger partial charge < -0.3 is 4.90 Å². The van der Waals surface area contributed by atoms with Crippen molar-refractivity contribution in [2.45, 2.75) is 58.3 Å². The standard InChI is InChI=1S/C14H26BrNO/c1-13-11-14(17)16(12-13)10-8-6-4-2-3-5-7-9-15/h13H,2-12H2,1H3. The minimum absolute atomic E-state index is 0.370. The molecule has 0 saturated carbocycles. The lowest BCUT2D eigenvalue weighted by Gasteiger charge is -2.15. The zero-order chi connectivity index (χ0) is 12.5. The molecule has 1 atom stereocenters. The Morgan fingerprint density at radius 2 is 1.71 bits per heavy atom. The third-order valence-electron chi connectivity index (χ3n) is 3.47. The van der Waals surface area contributed by atoms with E-state index in [4.69, 9.17) is 0 Å². The van der Waals surface area contributed by atoms with E-state index in [0.29, 0.717) is 11.8 Å². The fourth-order valence-electron chi connectivity index (χ4n) is 2.47. The van der Waals surface area contributed by atoms with Crippen molar-refractivity contribution >= 4 is 21.8 Å². The summed E-state index contributed by atoms with van der Waals surface area (Å²) in [6, 6.07) is 0. The number of alkyl halides is 1. The lowest BCUT2D eigenvalue weighted by atomic mass is 10.1. The molecule has 1 heterocycles. The smallest absolute Gasteiger partial charge is 0.222 e. The van der Waals surface area contributed by atoms with Crippen LogP contribution >= 0.6 is 15.9 Å². The number of carbonyl (C=O) groups is 1. The van der Waals surface area contributed by atoms with E-state index >= 15 is 0 Å². The predicted octanol–water partition coefficient (Wildman–Crippen LogP) is 3.98. The van der Waals surface area contributed by atoms with Gasteiger partial charge in [-0.15, -0.1) is 0 Å². The predicted molar refractivity (Wildman–Crippen MR) is 76.5 cm³/mol. The maximum Gasteiger partial charge on any atom is 0.222 e. The lowest BCUT2D eigenvalue weighted by molar-refractivity contribution is -0.127. The van der Waals surface area contributed by atoms with Gasteiger partial charge in [0.1, 0.15) is 0 Å². The third kappa shape index (κ3) is 6.44. The van der Waals surface area contributed by atoms with Crippen LogP contribution in [0.25, 0.3) is 0 Å². The summed E-state index contributed by atoms with van der Waals surface area (Å²) < 4.78 is 0. The molecule has 1 aliphatic rings. The van der Waals surface area contributed by atoms with Crippen molar-refractivity contribution in [3.8, 4) is 0 Å². The normalized spacial score (nSPS) is 20.2. The molecule has 0 aromatic heterocycles. The van der Waals surface area contributed by atoms with Gasteiger partial charge in [-0.3, -0.25) is 4.79 Å². The number of rotatable bonds is 9. The molecule has 1 unspecified atom stereocenters. The monoisotopic (exact) mass is 303 g/mol. The van der Waals surface area contributed by atoms with Gasteiger partial charge in [0.2, 0.25) is 5.91 Å². The summed E-state index contributed by atoms with van der Waals surface area (Å²) >= 11 is 3.45. The number of unbranched alkanes of at least 4 members (excludes halogenated alkanes) is 6. The molecule has 1 saturated heterocycles. The minimum Gasteiger partial charge on any atom is -0.342 e. The number of amides is 1. The van der Waals surface area contributed by atoms with Gasteiger partial charge in [0.05, 0.1) is 0 Å². The van der Waals surface area contributed by atoms with Crippen LogP contribution in [0, 0.1) is 5.92 Å². The van der Waals surface area contributed by atoms with Crippen LogP contribution < -0.4 is 0 Å². The first-order chi connectivity index (χ1) is 8.24. The van der Waals surface area contributed by atoms with Gasteiger partial charge in [-0.05, 0) is 18.8 Å². The summed E-state index contributed by atoms with van der Waals surface area (Å²) in [6.07, 6.45) is 9.96. The third-order valence-corrected chi connectivity index (χ3v) is 4.03. The molecule has 0 aliphatic carbocycles. The van der Waals surface area contributed by atoms with E-state index in [2.05, 4.69) is 27.8 Å². The van der Waals surface area contributed by atoms with Gasteiger partial charge in [0.25, 0.3) is 0 Å². The Hall–Kier alpha value is -0.0500. The molecule has 0 aromatic rings. The zero-order valence-electron chi connectivity index (χ0n) is 11.1. The Morgan fingerprint density at radius 1 is 1.12 bits per heavy atom. The van der Waals surface area contributed by atoms with Crippen LogP contribution in [0.15, 0.2) is 0 Å². The fraction of sp³-hybridized carbons (Fsp3) is 0.929. The Labute approximate surface area is 114 Å². The quantitative estimate of drug-likeness (QED) is 0.466. The molecule has 1 rings (SSSR count).